The summed E-state index contributed by atoms with van der Waals surface area (Å²) in [6.45, 7) is 3.14. The van der Waals surface area contributed by atoms with E-state index in [1.54, 1.807) is 6.20 Å². The lowest BCUT2D eigenvalue weighted by Crippen LogP contribution is -2.49. The molecular formula is C15H19N5OS. The Morgan fingerprint density at radius 1 is 1.27 bits per heavy atom. The Labute approximate surface area is 133 Å². The Bertz CT molecular complexity index is 622. The van der Waals surface area contributed by atoms with Gasteiger partial charge in [0.15, 0.2) is 5.13 Å². The van der Waals surface area contributed by atoms with Gasteiger partial charge in [-0.05, 0) is 18.6 Å². The van der Waals surface area contributed by atoms with Crippen LogP contribution in [-0.2, 0) is 11.2 Å². The molecule has 0 radical (unpaired) electrons. The van der Waals surface area contributed by atoms with Crippen molar-refractivity contribution in [2.45, 2.75) is 12.8 Å². The molecule has 0 aliphatic carbocycles. The monoisotopic (exact) mass is 317 g/mol. The van der Waals surface area contributed by atoms with Crippen molar-refractivity contribution in [3.05, 3.63) is 35.5 Å². The summed E-state index contributed by atoms with van der Waals surface area (Å²) in [5, 5.41) is 2.48. The summed E-state index contributed by atoms with van der Waals surface area (Å²) in [5.41, 5.74) is 6.50. The first-order chi connectivity index (χ1) is 10.7. The number of amides is 1. The van der Waals surface area contributed by atoms with Gasteiger partial charge in [-0.15, -0.1) is 11.3 Å². The number of carbonyl (C=O) groups excluding carboxylic acids is 1. The SMILES string of the molecule is Nc1nc(CCC(=O)N2CCN(c3ccccn3)CC2)cs1. The zero-order chi connectivity index (χ0) is 15.4. The molecule has 2 aromatic heterocycles. The molecule has 3 heterocycles. The smallest absolute Gasteiger partial charge is 0.223 e. The number of pyridine rings is 1. The van der Waals surface area contributed by atoms with E-state index < -0.39 is 0 Å². The van der Waals surface area contributed by atoms with Crippen LogP contribution in [0.1, 0.15) is 12.1 Å². The molecule has 1 saturated heterocycles. The van der Waals surface area contributed by atoms with Crippen molar-refractivity contribution < 1.29 is 4.79 Å². The average Bonchev–Trinajstić information content (AvgIpc) is 2.99. The van der Waals surface area contributed by atoms with Crippen LogP contribution in [0.5, 0.6) is 0 Å². The van der Waals surface area contributed by atoms with Crippen molar-refractivity contribution in [1.82, 2.24) is 14.9 Å². The van der Waals surface area contributed by atoms with Crippen LogP contribution in [-0.4, -0.2) is 47.0 Å². The standard InChI is InChI=1S/C15H19N5OS/c16-15-18-12(11-22-15)4-5-14(21)20-9-7-19(8-10-20)13-3-1-2-6-17-13/h1-3,6,11H,4-5,7-10H2,(H2,16,18). The Balaban J connectivity index is 1.47. The first kappa shape index (κ1) is 14.8. The van der Waals surface area contributed by atoms with Crippen LogP contribution in [0.3, 0.4) is 0 Å². The first-order valence-corrected chi connectivity index (χ1v) is 8.24. The van der Waals surface area contributed by atoms with Crippen LogP contribution in [0.25, 0.3) is 0 Å². The minimum Gasteiger partial charge on any atom is -0.375 e. The molecule has 0 saturated carbocycles. The molecule has 7 heteroatoms. The van der Waals surface area contributed by atoms with Crippen molar-refractivity contribution in [2.24, 2.45) is 0 Å². The fourth-order valence-corrected chi connectivity index (χ4v) is 3.15. The molecule has 1 aliphatic rings. The van der Waals surface area contributed by atoms with Crippen LogP contribution >= 0.6 is 11.3 Å². The maximum atomic E-state index is 12.3. The lowest BCUT2D eigenvalue weighted by Gasteiger charge is -2.35. The number of piperazine rings is 1. The molecule has 0 aromatic carbocycles. The van der Waals surface area contributed by atoms with E-state index in [1.165, 1.54) is 11.3 Å². The number of hydrogen-bond donors (Lipinski definition) is 1. The van der Waals surface area contributed by atoms with Crippen molar-refractivity contribution in [3.63, 3.8) is 0 Å². The number of nitrogen functional groups attached to an aromatic ring is 1. The topological polar surface area (TPSA) is 75.3 Å². The predicted octanol–water partition coefficient (Wildman–Crippen LogP) is 1.40. The maximum absolute atomic E-state index is 12.3. The summed E-state index contributed by atoms with van der Waals surface area (Å²) in [6.07, 6.45) is 2.95. The van der Waals surface area contributed by atoms with Crippen LogP contribution in [0, 0.1) is 0 Å². The Morgan fingerprint density at radius 3 is 2.73 bits per heavy atom. The van der Waals surface area contributed by atoms with Crippen LogP contribution in [0.15, 0.2) is 29.8 Å². The quantitative estimate of drug-likeness (QED) is 0.922. The van der Waals surface area contributed by atoms with Crippen molar-refractivity contribution >= 4 is 28.2 Å². The molecule has 0 spiro atoms. The Morgan fingerprint density at radius 2 is 2.09 bits per heavy atom. The zero-order valence-electron chi connectivity index (χ0n) is 12.3. The molecule has 2 aromatic rings. The predicted molar refractivity (Wildman–Crippen MR) is 87.9 cm³/mol. The molecule has 1 amide bonds. The second kappa shape index (κ2) is 6.74. The highest BCUT2D eigenvalue weighted by molar-refractivity contribution is 7.13. The maximum Gasteiger partial charge on any atom is 0.223 e. The number of aromatic nitrogens is 2. The first-order valence-electron chi connectivity index (χ1n) is 7.36. The van der Waals surface area contributed by atoms with Crippen LogP contribution in [0.2, 0.25) is 0 Å². The van der Waals surface area contributed by atoms with Gasteiger partial charge in [-0.1, -0.05) is 6.07 Å². The molecule has 1 fully saturated rings. The summed E-state index contributed by atoms with van der Waals surface area (Å²) in [6, 6.07) is 5.90. The second-order valence-corrected chi connectivity index (χ2v) is 6.12. The van der Waals surface area contributed by atoms with Crippen LogP contribution in [0.4, 0.5) is 10.9 Å². The highest BCUT2D eigenvalue weighted by Gasteiger charge is 2.21. The van der Waals surface area contributed by atoms with E-state index in [1.807, 2.05) is 28.5 Å². The largest absolute Gasteiger partial charge is 0.375 e. The Hall–Kier alpha value is -2.15. The van der Waals surface area contributed by atoms with E-state index in [-0.39, 0.29) is 5.91 Å². The summed E-state index contributed by atoms with van der Waals surface area (Å²) in [4.78, 5) is 24.9. The minimum atomic E-state index is 0.187. The number of thiazole rings is 1. The minimum absolute atomic E-state index is 0.187. The number of carbonyl (C=O) groups is 1. The van der Waals surface area contributed by atoms with Gasteiger partial charge in [-0.3, -0.25) is 4.79 Å². The summed E-state index contributed by atoms with van der Waals surface area (Å²) in [7, 11) is 0. The van der Waals surface area contributed by atoms with Gasteiger partial charge in [0.2, 0.25) is 5.91 Å². The Kier molecular flexibility index (Phi) is 4.53. The fourth-order valence-electron chi connectivity index (χ4n) is 2.56. The number of hydrogen-bond acceptors (Lipinski definition) is 6. The van der Waals surface area contributed by atoms with Gasteiger partial charge in [0.05, 0.1) is 5.69 Å². The molecule has 0 atom stereocenters. The zero-order valence-corrected chi connectivity index (χ0v) is 13.1. The highest BCUT2D eigenvalue weighted by atomic mass is 32.1. The number of nitrogens with two attached hydrogens (primary N) is 1. The van der Waals surface area contributed by atoms with Crippen molar-refractivity contribution in [3.8, 4) is 0 Å². The lowest BCUT2D eigenvalue weighted by atomic mass is 10.2. The third kappa shape index (κ3) is 3.54. The van der Waals surface area contributed by atoms with E-state index in [0.29, 0.717) is 18.0 Å². The van der Waals surface area contributed by atoms with Crippen LogP contribution < -0.4 is 10.6 Å². The normalized spacial score (nSPS) is 15.1. The highest BCUT2D eigenvalue weighted by Crippen LogP contribution is 2.15. The van der Waals surface area contributed by atoms with Gasteiger partial charge in [-0.2, -0.15) is 0 Å². The summed E-state index contributed by atoms with van der Waals surface area (Å²) in [5.74, 6) is 1.17. The number of anilines is 2. The second-order valence-electron chi connectivity index (χ2n) is 5.23. The number of aryl methyl sites for hydroxylation is 1. The third-order valence-corrected chi connectivity index (χ3v) is 4.49. The number of rotatable bonds is 4. The molecule has 0 unspecified atom stereocenters. The van der Waals surface area contributed by atoms with Gasteiger partial charge in [-0.25, -0.2) is 9.97 Å². The van der Waals surface area contributed by atoms with E-state index in [9.17, 15) is 4.79 Å². The van der Waals surface area contributed by atoms with Gasteiger partial charge < -0.3 is 15.5 Å². The van der Waals surface area contributed by atoms with Crippen molar-refractivity contribution in [2.75, 3.05) is 36.8 Å². The van der Waals surface area contributed by atoms with E-state index in [4.69, 9.17) is 5.73 Å². The van der Waals surface area contributed by atoms with Gasteiger partial charge >= 0.3 is 0 Å². The summed E-state index contributed by atoms with van der Waals surface area (Å²) < 4.78 is 0. The molecule has 22 heavy (non-hydrogen) atoms. The van der Waals surface area contributed by atoms with E-state index in [2.05, 4.69) is 14.9 Å². The van der Waals surface area contributed by atoms with Gasteiger partial charge in [0.1, 0.15) is 5.82 Å². The van der Waals surface area contributed by atoms with E-state index in [0.717, 1.165) is 37.7 Å². The third-order valence-electron chi connectivity index (χ3n) is 3.77. The summed E-state index contributed by atoms with van der Waals surface area (Å²) >= 11 is 1.42. The van der Waals surface area contributed by atoms with Gasteiger partial charge in [0.25, 0.3) is 0 Å². The average molecular weight is 317 g/mol. The van der Waals surface area contributed by atoms with E-state index >= 15 is 0 Å². The van der Waals surface area contributed by atoms with Crippen molar-refractivity contribution in [1.29, 1.82) is 0 Å². The number of nitrogens with zero attached hydrogens (tertiary/aromatic N) is 4. The lowest BCUT2D eigenvalue weighted by molar-refractivity contribution is -0.131. The molecular weight excluding hydrogens is 298 g/mol. The molecule has 3 rings (SSSR count). The molecule has 1 aliphatic heterocycles. The fraction of sp³-hybridized carbons (Fsp3) is 0.400. The molecule has 0 bridgehead atoms. The molecule has 2 N–H and O–H groups in total. The molecule has 116 valence electrons. The molecule has 6 nitrogen and oxygen atoms in total. The van der Waals surface area contributed by atoms with Gasteiger partial charge in [0, 0.05) is 44.2 Å².